The smallest absolute Gasteiger partial charge is 0.337 e. The number of methoxy groups -OCH3 is 1. The second kappa shape index (κ2) is 7.40. The van der Waals surface area contributed by atoms with Gasteiger partial charge in [-0.15, -0.1) is 0 Å². The maximum Gasteiger partial charge on any atom is 0.337 e. The molecule has 0 radical (unpaired) electrons. The van der Waals surface area contributed by atoms with Crippen molar-refractivity contribution in [3.8, 4) is 5.69 Å². The first kappa shape index (κ1) is 17.7. The summed E-state index contributed by atoms with van der Waals surface area (Å²) in [5.74, 6) is -0.330. The fourth-order valence-corrected chi connectivity index (χ4v) is 2.95. The summed E-state index contributed by atoms with van der Waals surface area (Å²) < 4.78 is 6.90. The second-order valence-corrected chi connectivity index (χ2v) is 6.29. The molecule has 0 spiro atoms. The lowest BCUT2D eigenvalue weighted by Crippen LogP contribution is -2.03. The Hall–Kier alpha value is -3.14. The highest BCUT2D eigenvalue weighted by molar-refractivity contribution is 5.89. The van der Waals surface area contributed by atoms with E-state index < -0.39 is 0 Å². The van der Waals surface area contributed by atoms with Crippen LogP contribution < -0.4 is 0 Å². The number of nitrogens with zero attached hydrogens (tertiary/aromatic N) is 2. The predicted molar refractivity (Wildman–Crippen MR) is 105 cm³/mol. The fraction of sp³-hybridized carbons (Fsp3) is 0.182. The highest BCUT2D eigenvalue weighted by Crippen LogP contribution is 2.21. The summed E-state index contributed by atoms with van der Waals surface area (Å²) in [6.45, 7) is 6.19. The van der Waals surface area contributed by atoms with Crippen LogP contribution in [0.5, 0.6) is 0 Å². The third kappa shape index (κ3) is 3.59. The first-order valence-electron chi connectivity index (χ1n) is 8.48. The molecule has 0 fully saturated rings. The van der Waals surface area contributed by atoms with Gasteiger partial charge in [-0.3, -0.25) is 4.99 Å². The first-order valence-corrected chi connectivity index (χ1v) is 8.48. The Morgan fingerprint density at radius 3 is 2.27 bits per heavy atom. The van der Waals surface area contributed by atoms with Gasteiger partial charge >= 0.3 is 5.97 Å². The van der Waals surface area contributed by atoms with Crippen LogP contribution in [0.25, 0.3) is 5.69 Å². The number of ether oxygens (including phenoxy) is 1. The van der Waals surface area contributed by atoms with Crippen LogP contribution in [0.1, 0.15) is 32.9 Å². The maximum absolute atomic E-state index is 11.6. The van der Waals surface area contributed by atoms with Gasteiger partial charge in [-0.05, 0) is 63.2 Å². The monoisotopic (exact) mass is 346 g/mol. The number of hydrogen-bond donors (Lipinski definition) is 0. The van der Waals surface area contributed by atoms with Crippen LogP contribution in [0, 0.1) is 20.8 Å². The van der Waals surface area contributed by atoms with Crippen molar-refractivity contribution in [1.82, 2.24) is 4.57 Å². The van der Waals surface area contributed by atoms with Crippen molar-refractivity contribution in [2.24, 2.45) is 4.99 Å². The zero-order chi connectivity index (χ0) is 18.7. The molecule has 1 aromatic heterocycles. The van der Waals surface area contributed by atoms with E-state index in [9.17, 15) is 4.79 Å². The minimum absolute atomic E-state index is 0.330. The standard InChI is InChI=1S/C22H22N2O2/c1-15-5-9-20(10-6-15)23-14-19-13-16(2)24(17(19)3)21-11-7-18(8-12-21)22(25)26-4/h5-14H,1-4H3. The van der Waals surface area contributed by atoms with E-state index in [1.807, 2.05) is 30.5 Å². The molecule has 132 valence electrons. The van der Waals surface area contributed by atoms with Crippen molar-refractivity contribution in [3.05, 3.63) is 82.7 Å². The second-order valence-electron chi connectivity index (χ2n) is 6.29. The first-order chi connectivity index (χ1) is 12.5. The van der Waals surface area contributed by atoms with Gasteiger partial charge in [0.1, 0.15) is 0 Å². The van der Waals surface area contributed by atoms with Gasteiger partial charge in [0.05, 0.1) is 18.4 Å². The zero-order valence-electron chi connectivity index (χ0n) is 15.5. The number of benzene rings is 2. The Kier molecular flexibility index (Phi) is 5.03. The molecule has 0 aliphatic heterocycles. The Balaban J connectivity index is 1.90. The average Bonchev–Trinajstić information content (AvgIpc) is 2.94. The SMILES string of the molecule is COC(=O)c1ccc(-n2c(C)cc(C=Nc3ccc(C)cc3)c2C)cc1. The highest BCUT2D eigenvalue weighted by Gasteiger charge is 2.11. The number of rotatable bonds is 4. The maximum atomic E-state index is 11.6. The molecule has 26 heavy (non-hydrogen) atoms. The molecule has 1 heterocycles. The molecule has 2 aromatic carbocycles. The molecule has 0 bridgehead atoms. The lowest BCUT2D eigenvalue weighted by molar-refractivity contribution is 0.0601. The van der Waals surface area contributed by atoms with Crippen molar-refractivity contribution in [1.29, 1.82) is 0 Å². The molecule has 0 aliphatic carbocycles. The largest absolute Gasteiger partial charge is 0.465 e. The molecular formula is C22H22N2O2. The van der Waals surface area contributed by atoms with Crippen molar-refractivity contribution in [2.75, 3.05) is 7.11 Å². The molecule has 3 rings (SSSR count). The summed E-state index contributed by atoms with van der Waals surface area (Å²) in [6.07, 6.45) is 1.90. The molecule has 0 unspecified atom stereocenters. The molecule has 4 nitrogen and oxygen atoms in total. The van der Waals surface area contributed by atoms with Crippen LogP contribution in [-0.4, -0.2) is 23.9 Å². The van der Waals surface area contributed by atoms with Crippen molar-refractivity contribution in [3.63, 3.8) is 0 Å². The van der Waals surface area contributed by atoms with Crippen LogP contribution in [0.15, 0.2) is 59.6 Å². The van der Waals surface area contributed by atoms with Gasteiger partial charge in [0.25, 0.3) is 0 Å². The van der Waals surface area contributed by atoms with Crippen LogP contribution in [0.4, 0.5) is 5.69 Å². The summed E-state index contributed by atoms with van der Waals surface area (Å²) in [5, 5.41) is 0. The minimum Gasteiger partial charge on any atom is -0.465 e. The van der Waals surface area contributed by atoms with E-state index in [-0.39, 0.29) is 5.97 Å². The summed E-state index contributed by atoms with van der Waals surface area (Å²) >= 11 is 0. The van der Waals surface area contributed by atoms with E-state index >= 15 is 0 Å². The van der Waals surface area contributed by atoms with E-state index in [4.69, 9.17) is 4.74 Å². The number of carbonyl (C=O) groups is 1. The van der Waals surface area contributed by atoms with Crippen LogP contribution in [0.3, 0.4) is 0 Å². The zero-order valence-corrected chi connectivity index (χ0v) is 15.5. The molecule has 4 heteroatoms. The Labute approximate surface area is 153 Å². The topological polar surface area (TPSA) is 43.6 Å². The summed E-state index contributed by atoms with van der Waals surface area (Å²) in [7, 11) is 1.39. The molecular weight excluding hydrogens is 324 g/mol. The van der Waals surface area contributed by atoms with E-state index in [0.29, 0.717) is 5.56 Å². The lowest BCUT2D eigenvalue weighted by Gasteiger charge is -2.10. The number of esters is 1. The molecule has 0 aliphatic rings. The molecule has 0 atom stereocenters. The number of hydrogen-bond acceptors (Lipinski definition) is 3. The number of carbonyl (C=O) groups excluding carboxylic acids is 1. The van der Waals surface area contributed by atoms with Crippen LogP contribution in [0.2, 0.25) is 0 Å². The number of aliphatic imine (C=N–C) groups is 1. The summed E-state index contributed by atoms with van der Waals surface area (Å²) in [6, 6.07) is 17.6. The predicted octanol–water partition coefficient (Wildman–Crippen LogP) is 4.94. The van der Waals surface area contributed by atoms with Crippen molar-refractivity contribution < 1.29 is 9.53 Å². The van der Waals surface area contributed by atoms with Crippen LogP contribution >= 0.6 is 0 Å². The number of aromatic nitrogens is 1. The minimum atomic E-state index is -0.330. The van der Waals surface area contributed by atoms with E-state index in [1.54, 1.807) is 12.1 Å². The normalized spacial score (nSPS) is 11.1. The van der Waals surface area contributed by atoms with Gasteiger partial charge < -0.3 is 9.30 Å². The number of aryl methyl sites for hydroxylation is 2. The van der Waals surface area contributed by atoms with Crippen molar-refractivity contribution in [2.45, 2.75) is 20.8 Å². The van der Waals surface area contributed by atoms with Crippen molar-refractivity contribution >= 4 is 17.9 Å². The summed E-state index contributed by atoms with van der Waals surface area (Å²) in [5.41, 5.74) is 6.98. The van der Waals surface area contributed by atoms with Gasteiger partial charge in [0.2, 0.25) is 0 Å². The molecule has 0 amide bonds. The Bertz CT molecular complexity index is 949. The van der Waals surface area contributed by atoms with E-state index in [2.05, 4.69) is 48.5 Å². The quantitative estimate of drug-likeness (QED) is 0.496. The van der Waals surface area contributed by atoms with Gasteiger partial charge in [0, 0.05) is 28.9 Å². The van der Waals surface area contributed by atoms with E-state index in [0.717, 1.165) is 28.3 Å². The third-order valence-corrected chi connectivity index (χ3v) is 4.40. The molecule has 0 saturated carbocycles. The van der Waals surface area contributed by atoms with E-state index in [1.165, 1.54) is 12.7 Å². The third-order valence-electron chi connectivity index (χ3n) is 4.40. The molecule has 3 aromatic rings. The van der Waals surface area contributed by atoms with Gasteiger partial charge in [0.15, 0.2) is 0 Å². The van der Waals surface area contributed by atoms with Crippen LogP contribution in [-0.2, 0) is 4.74 Å². The Morgan fingerprint density at radius 2 is 1.65 bits per heavy atom. The molecule has 0 saturated heterocycles. The van der Waals surface area contributed by atoms with Gasteiger partial charge in [-0.2, -0.15) is 0 Å². The van der Waals surface area contributed by atoms with Gasteiger partial charge in [-0.1, -0.05) is 17.7 Å². The Morgan fingerprint density at radius 1 is 1.00 bits per heavy atom. The summed E-state index contributed by atoms with van der Waals surface area (Å²) in [4.78, 5) is 16.2. The molecule has 0 N–H and O–H groups in total. The highest BCUT2D eigenvalue weighted by atomic mass is 16.5. The van der Waals surface area contributed by atoms with Gasteiger partial charge in [-0.25, -0.2) is 4.79 Å². The fourth-order valence-electron chi connectivity index (χ4n) is 2.95. The average molecular weight is 346 g/mol. The lowest BCUT2D eigenvalue weighted by atomic mass is 10.2.